The third-order valence-electron chi connectivity index (χ3n) is 20.3. The maximum atomic E-state index is 5.17. The Morgan fingerprint density at radius 3 is 1.10 bits per heavy atom. The van der Waals surface area contributed by atoms with Crippen LogP contribution in [0.1, 0.15) is 278 Å². The molecular formula is C85H108N2S7. The molecule has 3 aromatic carbocycles. The van der Waals surface area contributed by atoms with Crippen LogP contribution in [0.3, 0.4) is 0 Å². The van der Waals surface area contributed by atoms with Gasteiger partial charge in [-0.1, -0.05) is 244 Å². The van der Waals surface area contributed by atoms with Crippen molar-refractivity contribution in [3.63, 3.8) is 0 Å². The van der Waals surface area contributed by atoms with Gasteiger partial charge in [-0.15, -0.1) is 68.0 Å². The zero-order chi connectivity index (χ0) is 65.2. The molecule has 11 rings (SSSR count). The molecule has 500 valence electrons. The first-order chi connectivity index (χ1) is 46.2. The SMILES string of the molecule is CCCCCCCCC1(CCCCCCCC)c2cc(C)ccc2-c2ccc(-c3cc(CCCCCC)c(-c4ccc(-c5sc(-c6ccc(-c7cc(CCCCCC)c(-c8ccc(-c9sc(C)cc9CCCCCC)s8)s7)c7nsnc67)cc5CCCCCC)s4)s3)cc21. The monoisotopic (exact) mass is 1380 g/mol. The van der Waals surface area contributed by atoms with Gasteiger partial charge in [-0.2, -0.15) is 8.75 Å². The van der Waals surface area contributed by atoms with Crippen molar-refractivity contribution in [2.75, 3.05) is 0 Å². The first-order valence-electron chi connectivity index (χ1n) is 37.4. The minimum atomic E-state index is 0.0638. The van der Waals surface area contributed by atoms with Gasteiger partial charge in [0, 0.05) is 75.1 Å². The van der Waals surface area contributed by atoms with Crippen molar-refractivity contribution in [1.29, 1.82) is 0 Å². The van der Waals surface area contributed by atoms with Gasteiger partial charge in [-0.3, -0.25) is 0 Å². The Morgan fingerprint density at radius 1 is 0.298 bits per heavy atom. The van der Waals surface area contributed by atoms with E-state index in [0.29, 0.717) is 0 Å². The van der Waals surface area contributed by atoms with Crippen LogP contribution in [0, 0.1) is 13.8 Å². The van der Waals surface area contributed by atoms with E-state index in [1.165, 1.54) is 319 Å². The van der Waals surface area contributed by atoms with Crippen LogP contribution < -0.4 is 0 Å². The molecule has 0 N–H and O–H groups in total. The zero-order valence-electron chi connectivity index (χ0n) is 58.5. The standard InChI is InChI=1S/C85H108N2S7/c1-9-15-21-27-29-35-51-85(52-36-30-28-22-16-10-2)70-53-59(7)41-43-66(70)67-44-42-61(55-71(67)85)76-56-63(38-32-24-18-12-4)82(91-76)73-49-50-75(90-73)84-65(40-34-26-20-14-6)58-78(93-84)69-46-45-68(79-80(69)87-94-86-79)77-57-64(39-33-25-19-13-5)83(92-77)74-48-47-72(89-74)81-62(54-60(8)88-81)37-31-23-17-11-3/h41-50,53-58H,9-40,51-52H2,1-8H3. The van der Waals surface area contributed by atoms with E-state index in [2.05, 4.69) is 164 Å². The summed E-state index contributed by atoms with van der Waals surface area (Å²) in [7, 11) is 0. The lowest BCUT2D eigenvalue weighted by Crippen LogP contribution is -2.25. The molecule has 7 heterocycles. The molecule has 0 unspecified atom stereocenters. The average molecular weight is 1380 g/mol. The Hall–Kier alpha value is -4.32. The molecule has 0 atom stereocenters. The zero-order valence-corrected chi connectivity index (χ0v) is 64.2. The van der Waals surface area contributed by atoms with Crippen molar-refractivity contribution in [2.24, 2.45) is 0 Å². The number of aromatic nitrogens is 2. The summed E-state index contributed by atoms with van der Waals surface area (Å²) >= 11 is 13.4. The third-order valence-corrected chi connectivity index (χ3v) is 28.5. The molecule has 0 saturated carbocycles. The maximum absolute atomic E-state index is 5.17. The fourth-order valence-electron chi connectivity index (χ4n) is 15.1. The Balaban J connectivity index is 0.918. The molecule has 1 aliphatic rings. The van der Waals surface area contributed by atoms with Gasteiger partial charge >= 0.3 is 0 Å². The highest BCUT2D eigenvalue weighted by atomic mass is 32.1. The van der Waals surface area contributed by atoms with Crippen molar-refractivity contribution < 1.29 is 0 Å². The van der Waals surface area contributed by atoms with E-state index >= 15 is 0 Å². The lowest BCUT2D eigenvalue weighted by Gasteiger charge is -2.33. The van der Waals surface area contributed by atoms with Crippen molar-refractivity contribution in [3.8, 4) is 81.5 Å². The molecule has 0 amide bonds. The topological polar surface area (TPSA) is 25.8 Å². The first kappa shape index (κ1) is 71.0. The Kier molecular flexibility index (Phi) is 26.8. The fourth-order valence-corrected chi connectivity index (χ4v) is 23.0. The number of hydrogen-bond donors (Lipinski definition) is 0. The Morgan fingerprint density at radius 2 is 0.649 bits per heavy atom. The molecule has 9 heteroatoms. The molecule has 94 heavy (non-hydrogen) atoms. The van der Waals surface area contributed by atoms with Crippen LogP contribution in [-0.2, 0) is 31.1 Å². The quantitative estimate of drug-likeness (QED) is 0.0357. The van der Waals surface area contributed by atoms with E-state index in [1.54, 1.807) is 16.7 Å². The molecule has 10 aromatic rings. The molecule has 0 spiro atoms. The maximum Gasteiger partial charge on any atom is 0.114 e. The van der Waals surface area contributed by atoms with Crippen LogP contribution in [-0.4, -0.2) is 8.75 Å². The second kappa shape index (κ2) is 35.4. The number of aryl methyl sites for hydroxylation is 6. The number of benzene rings is 3. The minimum absolute atomic E-state index is 0.0638. The molecule has 0 aliphatic heterocycles. The molecule has 0 fully saturated rings. The van der Waals surface area contributed by atoms with E-state index < -0.39 is 0 Å². The normalized spacial score (nSPS) is 12.7. The van der Waals surface area contributed by atoms with E-state index in [4.69, 9.17) is 8.75 Å². The second-order valence-electron chi connectivity index (χ2n) is 27.7. The van der Waals surface area contributed by atoms with E-state index in [-0.39, 0.29) is 5.41 Å². The second-order valence-corrected chi connectivity index (χ2v) is 34.8. The van der Waals surface area contributed by atoms with E-state index in [1.807, 2.05) is 56.7 Å². The van der Waals surface area contributed by atoms with Crippen LogP contribution in [0.5, 0.6) is 0 Å². The van der Waals surface area contributed by atoms with Gasteiger partial charge in [-0.05, 0) is 183 Å². The highest BCUT2D eigenvalue weighted by molar-refractivity contribution is 7.28. The predicted octanol–water partition coefficient (Wildman–Crippen LogP) is 30.6. The van der Waals surface area contributed by atoms with Crippen LogP contribution in [0.25, 0.3) is 92.5 Å². The van der Waals surface area contributed by atoms with Crippen LogP contribution in [0.2, 0.25) is 0 Å². The van der Waals surface area contributed by atoms with Gasteiger partial charge in [0.15, 0.2) is 0 Å². The highest BCUT2D eigenvalue weighted by Crippen LogP contribution is 2.57. The van der Waals surface area contributed by atoms with E-state index in [0.717, 1.165) is 30.3 Å². The molecular weight excluding hydrogens is 1270 g/mol. The lowest BCUT2D eigenvalue weighted by molar-refractivity contribution is 0.398. The Bertz CT molecular complexity index is 3950. The third kappa shape index (κ3) is 17.0. The summed E-state index contributed by atoms with van der Waals surface area (Å²) in [6, 6.07) is 39.9. The molecule has 0 bridgehead atoms. The summed E-state index contributed by atoms with van der Waals surface area (Å²) in [6.45, 7) is 18.6. The summed E-state index contributed by atoms with van der Waals surface area (Å²) in [6.07, 6.45) is 43.4. The van der Waals surface area contributed by atoms with E-state index in [9.17, 15) is 0 Å². The number of thiophene rings is 6. The van der Waals surface area contributed by atoms with Crippen molar-refractivity contribution in [2.45, 2.75) is 279 Å². The molecule has 2 nitrogen and oxygen atoms in total. The largest absolute Gasteiger partial charge is 0.172 e. The van der Waals surface area contributed by atoms with Crippen LogP contribution in [0.4, 0.5) is 0 Å². The van der Waals surface area contributed by atoms with Crippen LogP contribution >= 0.6 is 79.7 Å². The summed E-state index contributed by atoms with van der Waals surface area (Å²) in [5, 5.41) is 0. The highest BCUT2D eigenvalue weighted by Gasteiger charge is 2.42. The molecule has 0 radical (unpaired) electrons. The summed E-state index contributed by atoms with van der Waals surface area (Å²) in [4.78, 5) is 17.0. The fraction of sp³-hybridized carbons (Fsp3) is 0.506. The van der Waals surface area contributed by atoms with Crippen molar-refractivity contribution >= 4 is 90.8 Å². The van der Waals surface area contributed by atoms with Crippen LogP contribution in [0.15, 0.2) is 97.1 Å². The summed E-state index contributed by atoms with van der Waals surface area (Å²) in [5.74, 6) is 0. The number of nitrogens with zero attached hydrogens (tertiary/aromatic N) is 2. The van der Waals surface area contributed by atoms with Crippen molar-refractivity contribution in [1.82, 2.24) is 8.75 Å². The molecule has 0 saturated heterocycles. The number of fused-ring (bicyclic) bond motifs is 4. The molecule has 7 aromatic heterocycles. The van der Waals surface area contributed by atoms with Gasteiger partial charge in [0.05, 0.1) is 11.7 Å². The molecule has 1 aliphatic carbocycles. The smallest absolute Gasteiger partial charge is 0.114 e. The minimum Gasteiger partial charge on any atom is -0.172 e. The van der Waals surface area contributed by atoms with Gasteiger partial charge in [0.2, 0.25) is 0 Å². The summed E-state index contributed by atoms with van der Waals surface area (Å²) < 4.78 is 10.3. The number of rotatable bonds is 41. The summed E-state index contributed by atoms with van der Waals surface area (Å²) in [5.41, 5.74) is 19.7. The van der Waals surface area contributed by atoms with Gasteiger partial charge in [0.25, 0.3) is 0 Å². The van der Waals surface area contributed by atoms with Crippen molar-refractivity contribution in [3.05, 3.63) is 141 Å². The predicted molar refractivity (Wildman–Crippen MR) is 426 cm³/mol. The Labute approximate surface area is 595 Å². The van der Waals surface area contributed by atoms with Gasteiger partial charge in [-0.25, -0.2) is 0 Å². The number of unbranched alkanes of at least 4 members (excludes halogenated alkanes) is 22. The van der Waals surface area contributed by atoms with Gasteiger partial charge < -0.3 is 0 Å². The lowest BCUT2D eigenvalue weighted by atomic mass is 9.70. The number of hydrogen-bond acceptors (Lipinski definition) is 9. The average Bonchev–Trinajstić information content (AvgIpc) is 1.56. The first-order valence-corrected chi connectivity index (χ1v) is 43.0. The van der Waals surface area contributed by atoms with Gasteiger partial charge in [0.1, 0.15) is 11.0 Å².